The molecule has 2 aromatic heterocycles. The van der Waals surface area contributed by atoms with Gasteiger partial charge in [0.15, 0.2) is 0 Å². The van der Waals surface area contributed by atoms with Gasteiger partial charge < -0.3 is 10.7 Å². The number of hydrazine groups is 1. The first kappa shape index (κ1) is 26.5. The van der Waals surface area contributed by atoms with E-state index in [0.29, 0.717) is 17.8 Å². The van der Waals surface area contributed by atoms with Crippen molar-refractivity contribution in [1.29, 1.82) is 0 Å². The quantitative estimate of drug-likeness (QED) is 0.262. The van der Waals surface area contributed by atoms with Gasteiger partial charge in [-0.15, -0.1) is 0 Å². The smallest absolute Gasteiger partial charge is 0.237 e. The van der Waals surface area contributed by atoms with Crippen LogP contribution in [-0.2, 0) is 11.0 Å². The van der Waals surface area contributed by atoms with E-state index in [1.807, 2.05) is 86.9 Å². The van der Waals surface area contributed by atoms with Gasteiger partial charge in [0.05, 0.1) is 16.3 Å². The van der Waals surface area contributed by atoms with Crippen LogP contribution in [0.25, 0.3) is 16.9 Å². The summed E-state index contributed by atoms with van der Waals surface area (Å²) >= 11 is 0. The Morgan fingerprint density at radius 2 is 1.97 bits per heavy atom. The highest BCUT2D eigenvalue weighted by Crippen LogP contribution is 2.26. The van der Waals surface area contributed by atoms with E-state index in [0.717, 1.165) is 52.7 Å². The van der Waals surface area contributed by atoms with E-state index in [1.165, 1.54) is 0 Å². The first-order valence-corrected chi connectivity index (χ1v) is 13.0. The summed E-state index contributed by atoms with van der Waals surface area (Å²) in [6.45, 7) is 15.0. The van der Waals surface area contributed by atoms with Crippen molar-refractivity contribution in [2.24, 2.45) is 4.99 Å². The van der Waals surface area contributed by atoms with Crippen LogP contribution in [0, 0.1) is 6.92 Å². The third kappa shape index (κ3) is 6.53. The van der Waals surface area contributed by atoms with Crippen LogP contribution in [0.2, 0.25) is 0 Å². The van der Waals surface area contributed by atoms with Crippen molar-refractivity contribution < 1.29 is 4.21 Å². The van der Waals surface area contributed by atoms with Crippen molar-refractivity contribution in [3.63, 3.8) is 0 Å². The van der Waals surface area contributed by atoms with Gasteiger partial charge in [-0.05, 0) is 46.4 Å². The van der Waals surface area contributed by atoms with Crippen molar-refractivity contribution in [2.75, 3.05) is 20.1 Å². The molecule has 3 aromatic rings. The summed E-state index contributed by atoms with van der Waals surface area (Å²) in [5.41, 5.74) is 9.94. The summed E-state index contributed by atoms with van der Waals surface area (Å²) in [7, 11) is 0.728. The second-order valence-corrected chi connectivity index (χ2v) is 9.70. The minimum atomic E-state index is -1.22. The zero-order valence-electron chi connectivity index (χ0n) is 21.4. The van der Waals surface area contributed by atoms with Gasteiger partial charge in [-0.3, -0.25) is 9.83 Å². The Balaban J connectivity index is 0.00000167. The lowest BCUT2D eigenvalue weighted by atomic mass is 10.1. The van der Waals surface area contributed by atoms with E-state index >= 15 is 0 Å². The van der Waals surface area contributed by atoms with E-state index in [1.54, 1.807) is 0 Å². The van der Waals surface area contributed by atoms with Crippen LogP contribution in [0.3, 0.4) is 0 Å². The zero-order valence-corrected chi connectivity index (χ0v) is 22.2. The van der Waals surface area contributed by atoms with Crippen LogP contribution >= 0.6 is 0 Å². The van der Waals surface area contributed by atoms with Gasteiger partial charge in [0.25, 0.3) is 0 Å². The van der Waals surface area contributed by atoms with Crippen LogP contribution < -0.4 is 16.2 Å². The Bertz CT molecular complexity index is 1240. The number of amidine groups is 1. The van der Waals surface area contributed by atoms with Gasteiger partial charge in [-0.1, -0.05) is 32.6 Å². The second kappa shape index (κ2) is 12.1. The second-order valence-electron chi connectivity index (χ2n) is 8.22. The molecule has 2 unspecified atom stereocenters. The Hall–Kier alpha value is -3.08. The molecule has 0 saturated carbocycles. The molecule has 0 amide bonds. The summed E-state index contributed by atoms with van der Waals surface area (Å²) < 4.78 is 17.0. The number of fused-ring (bicyclic) bond motifs is 1. The van der Waals surface area contributed by atoms with Crippen LogP contribution in [0.15, 0.2) is 58.7 Å². The maximum atomic E-state index is 13.2. The van der Waals surface area contributed by atoms with Crippen molar-refractivity contribution in [2.45, 2.75) is 52.0 Å². The molecule has 1 aliphatic heterocycles. The number of hydrogen-bond donors (Lipinski definition) is 3. The van der Waals surface area contributed by atoms with E-state index in [2.05, 4.69) is 32.7 Å². The SMILES string of the molecule is C=C(C)NN/C(C)=N/c1nc(-c2cccc(S(=O)N3CCC(NC)C3)c2)cc2nc(C)cn12.CC. The Morgan fingerprint density at radius 1 is 1.20 bits per heavy atom. The molecule has 1 aliphatic rings. The highest BCUT2D eigenvalue weighted by Gasteiger charge is 2.26. The van der Waals surface area contributed by atoms with Crippen molar-refractivity contribution in [3.05, 3.63) is 54.5 Å². The van der Waals surface area contributed by atoms with Crippen LogP contribution in [0.5, 0.6) is 0 Å². The first-order chi connectivity index (χ1) is 16.8. The fourth-order valence-corrected chi connectivity index (χ4v) is 5.03. The lowest BCUT2D eigenvalue weighted by molar-refractivity contribution is 0.511. The van der Waals surface area contributed by atoms with E-state index in [9.17, 15) is 4.21 Å². The first-order valence-electron chi connectivity index (χ1n) is 11.9. The highest BCUT2D eigenvalue weighted by atomic mass is 32.2. The number of rotatable bonds is 7. The van der Waals surface area contributed by atoms with E-state index < -0.39 is 11.0 Å². The molecule has 0 spiro atoms. The number of aliphatic imine (C=N–C) groups is 1. The van der Waals surface area contributed by atoms with Crippen molar-refractivity contribution in [1.82, 2.24) is 34.8 Å². The zero-order chi connectivity index (χ0) is 25.5. The number of aryl methyl sites for hydroxylation is 1. The van der Waals surface area contributed by atoms with Crippen LogP contribution in [-0.4, -0.2) is 54.9 Å². The molecule has 0 bridgehead atoms. The lowest BCUT2D eigenvalue weighted by Crippen LogP contribution is -2.33. The molecule has 1 fully saturated rings. The normalized spacial score (nSPS) is 17.1. The summed E-state index contributed by atoms with van der Waals surface area (Å²) in [5.74, 6) is 1.14. The molecular formula is C25H36N8OS. The molecule has 1 aromatic carbocycles. The van der Waals surface area contributed by atoms with Crippen molar-refractivity contribution in [3.8, 4) is 11.3 Å². The monoisotopic (exact) mass is 496 g/mol. The molecule has 0 radical (unpaired) electrons. The molecule has 4 rings (SSSR count). The molecular weight excluding hydrogens is 460 g/mol. The molecule has 3 heterocycles. The summed E-state index contributed by atoms with van der Waals surface area (Å²) in [6, 6.07) is 10.0. The minimum absolute atomic E-state index is 0.376. The number of likely N-dealkylation sites (N-methyl/N-ethyl adjacent to an activating group) is 1. The molecule has 1 saturated heterocycles. The van der Waals surface area contributed by atoms with E-state index in [4.69, 9.17) is 4.98 Å². The summed E-state index contributed by atoms with van der Waals surface area (Å²) in [6.07, 6.45) is 2.90. The number of benzene rings is 1. The van der Waals surface area contributed by atoms with Crippen LogP contribution in [0.4, 0.5) is 5.95 Å². The number of hydrogen-bond acceptors (Lipinski definition) is 6. The molecule has 0 aliphatic carbocycles. The average molecular weight is 497 g/mol. The maximum Gasteiger partial charge on any atom is 0.237 e. The predicted molar refractivity (Wildman–Crippen MR) is 144 cm³/mol. The fraction of sp³-hybridized carbons (Fsp3) is 0.400. The Morgan fingerprint density at radius 3 is 2.66 bits per heavy atom. The highest BCUT2D eigenvalue weighted by molar-refractivity contribution is 7.82. The van der Waals surface area contributed by atoms with Gasteiger partial charge in [0.1, 0.15) is 22.5 Å². The van der Waals surface area contributed by atoms with Crippen molar-refractivity contribution >= 4 is 28.4 Å². The van der Waals surface area contributed by atoms with Gasteiger partial charge in [-0.2, -0.15) is 4.99 Å². The lowest BCUT2D eigenvalue weighted by Gasteiger charge is -2.15. The van der Waals surface area contributed by atoms with Gasteiger partial charge in [-0.25, -0.2) is 18.5 Å². The third-order valence-electron chi connectivity index (χ3n) is 5.41. The minimum Gasteiger partial charge on any atom is -0.316 e. The van der Waals surface area contributed by atoms with Gasteiger partial charge >= 0.3 is 0 Å². The number of allylic oxidation sites excluding steroid dienone is 1. The number of nitrogens with one attached hydrogen (secondary N) is 3. The van der Waals surface area contributed by atoms with E-state index in [-0.39, 0.29) is 0 Å². The molecule has 9 nitrogen and oxygen atoms in total. The number of aromatic nitrogens is 3. The third-order valence-corrected chi connectivity index (χ3v) is 6.86. The van der Waals surface area contributed by atoms with Gasteiger partial charge in [0.2, 0.25) is 5.95 Å². The fourth-order valence-electron chi connectivity index (χ4n) is 3.72. The Labute approximate surface area is 210 Å². The predicted octanol–water partition coefficient (Wildman–Crippen LogP) is 3.72. The number of imidazole rings is 1. The molecule has 2 atom stereocenters. The number of nitrogens with zero attached hydrogens (tertiary/aromatic N) is 5. The maximum absolute atomic E-state index is 13.2. The van der Waals surface area contributed by atoms with Crippen LogP contribution in [0.1, 0.15) is 39.8 Å². The molecule has 10 heteroatoms. The summed E-state index contributed by atoms with van der Waals surface area (Å²) in [5, 5.41) is 3.27. The largest absolute Gasteiger partial charge is 0.316 e. The van der Waals surface area contributed by atoms with Gasteiger partial charge in [0, 0.05) is 42.7 Å². The molecule has 3 N–H and O–H groups in total. The standard InChI is InChI=1S/C23H30N8OS.C2H6/c1-15(2)28-29-17(4)26-23-27-21(12-22-25-16(3)13-31(22)23)18-7-6-8-20(11-18)33(32)30-10-9-19(14-30)24-5;1-2/h6-8,11-13,19,24,28H,1,9-10,14H2,2-5H3,(H,26,27,29);1-2H3. The average Bonchev–Trinajstić information content (AvgIpc) is 3.49. The Kier molecular flexibility index (Phi) is 9.13. The molecule has 35 heavy (non-hydrogen) atoms. The summed E-state index contributed by atoms with van der Waals surface area (Å²) in [4.78, 5) is 14.8. The molecule has 188 valence electrons. The topological polar surface area (TPSA) is 98.9 Å².